The second-order valence-electron chi connectivity index (χ2n) is 3.98. The van der Waals surface area contributed by atoms with Gasteiger partial charge in [-0.25, -0.2) is 19.2 Å². The van der Waals surface area contributed by atoms with Gasteiger partial charge in [0.25, 0.3) is 0 Å². The number of hydrogen-bond donors (Lipinski definition) is 0. The van der Waals surface area contributed by atoms with Crippen LogP contribution in [0.4, 0.5) is 9.18 Å². The van der Waals surface area contributed by atoms with E-state index in [4.69, 9.17) is 21.1 Å². The smallest absolute Gasteiger partial charge is 0.494 e. The molecule has 116 valence electrons. The van der Waals surface area contributed by atoms with E-state index in [0.717, 1.165) is 0 Å². The number of nitrogens with zero attached hydrogens (tertiary/aromatic N) is 2. The third-order valence-corrected chi connectivity index (χ3v) is 2.85. The Bertz CT molecular complexity index is 697. The lowest BCUT2D eigenvalue weighted by atomic mass is 10.2. The van der Waals surface area contributed by atoms with Crippen LogP contribution in [0, 0.1) is 5.82 Å². The maximum atomic E-state index is 13.4. The topological polar surface area (TPSA) is 70.5 Å². The van der Waals surface area contributed by atoms with Gasteiger partial charge in [-0.2, -0.15) is 0 Å². The molecule has 0 saturated heterocycles. The molecule has 0 N–H and O–H groups in total. The van der Waals surface area contributed by atoms with Gasteiger partial charge in [0.1, 0.15) is 0 Å². The average Bonchev–Trinajstić information content (AvgIpc) is 2.50. The number of carbonyl (C=O) groups is 1. The Kier molecular flexibility index (Phi) is 5.11. The largest absolute Gasteiger partial charge is 0.513 e. The van der Waals surface area contributed by atoms with Crippen LogP contribution in [-0.4, -0.2) is 29.8 Å². The van der Waals surface area contributed by atoms with Crippen LogP contribution in [0.1, 0.15) is 6.92 Å². The number of aromatic nitrogens is 2. The molecule has 1 aromatic heterocycles. The zero-order chi connectivity index (χ0) is 16.1. The molecule has 6 nitrogen and oxygen atoms in total. The SMILES string of the molecule is CCOC(=O)Oc1cnc(-c2ccc(F)c(OC)c2)nc1Cl. The molecule has 1 heterocycles. The van der Waals surface area contributed by atoms with Crippen molar-refractivity contribution in [1.82, 2.24) is 9.97 Å². The molecule has 22 heavy (non-hydrogen) atoms. The fraction of sp³-hybridized carbons (Fsp3) is 0.214. The van der Waals surface area contributed by atoms with Gasteiger partial charge in [0, 0.05) is 5.56 Å². The zero-order valence-electron chi connectivity index (χ0n) is 11.8. The molecular formula is C14H12ClFN2O4. The summed E-state index contributed by atoms with van der Waals surface area (Å²) in [6.07, 6.45) is 0.335. The molecule has 0 fully saturated rings. The highest BCUT2D eigenvalue weighted by Gasteiger charge is 2.14. The van der Waals surface area contributed by atoms with Gasteiger partial charge in [0.15, 0.2) is 28.3 Å². The van der Waals surface area contributed by atoms with E-state index in [1.165, 1.54) is 31.5 Å². The quantitative estimate of drug-likeness (QED) is 0.633. The molecule has 0 aliphatic carbocycles. The first-order valence-corrected chi connectivity index (χ1v) is 6.64. The van der Waals surface area contributed by atoms with Crippen molar-refractivity contribution in [2.24, 2.45) is 0 Å². The minimum atomic E-state index is -0.899. The second-order valence-corrected chi connectivity index (χ2v) is 4.34. The maximum Gasteiger partial charge on any atom is 0.513 e. The Balaban J connectivity index is 2.27. The van der Waals surface area contributed by atoms with Crippen molar-refractivity contribution in [3.63, 3.8) is 0 Å². The third kappa shape index (κ3) is 3.62. The first-order chi connectivity index (χ1) is 10.5. The van der Waals surface area contributed by atoms with Gasteiger partial charge < -0.3 is 14.2 Å². The number of ether oxygens (including phenoxy) is 3. The number of halogens is 2. The minimum absolute atomic E-state index is 0.0297. The van der Waals surface area contributed by atoms with E-state index in [1.807, 2.05) is 0 Å². The van der Waals surface area contributed by atoms with Crippen molar-refractivity contribution < 1.29 is 23.4 Å². The number of benzene rings is 1. The maximum absolute atomic E-state index is 13.4. The van der Waals surface area contributed by atoms with Gasteiger partial charge in [-0.15, -0.1) is 0 Å². The summed E-state index contributed by atoms with van der Waals surface area (Å²) in [4.78, 5) is 19.3. The summed E-state index contributed by atoms with van der Waals surface area (Å²) in [7, 11) is 1.35. The van der Waals surface area contributed by atoms with Crippen LogP contribution in [-0.2, 0) is 4.74 Å². The van der Waals surface area contributed by atoms with Crippen molar-refractivity contribution in [1.29, 1.82) is 0 Å². The monoisotopic (exact) mass is 326 g/mol. The van der Waals surface area contributed by atoms with E-state index in [1.54, 1.807) is 6.92 Å². The molecular weight excluding hydrogens is 315 g/mol. The molecule has 2 rings (SSSR count). The molecule has 2 aromatic rings. The molecule has 1 aromatic carbocycles. The summed E-state index contributed by atoms with van der Waals surface area (Å²) in [6.45, 7) is 1.81. The average molecular weight is 327 g/mol. The second kappa shape index (κ2) is 7.04. The highest BCUT2D eigenvalue weighted by atomic mass is 35.5. The van der Waals surface area contributed by atoms with Crippen LogP contribution in [0.25, 0.3) is 11.4 Å². The van der Waals surface area contributed by atoms with Gasteiger partial charge in [-0.1, -0.05) is 11.6 Å². The molecule has 0 saturated carbocycles. The third-order valence-electron chi connectivity index (χ3n) is 2.58. The number of methoxy groups -OCH3 is 1. The molecule has 8 heteroatoms. The van der Waals surface area contributed by atoms with Gasteiger partial charge in [0.05, 0.1) is 19.9 Å². The summed E-state index contributed by atoms with van der Waals surface area (Å²) in [5.41, 5.74) is 0.503. The summed E-state index contributed by atoms with van der Waals surface area (Å²) in [5.74, 6) is -0.235. The Labute approximate surface area is 130 Å². The van der Waals surface area contributed by atoms with Crippen LogP contribution in [0.5, 0.6) is 11.5 Å². The van der Waals surface area contributed by atoms with Crippen LogP contribution in [0.15, 0.2) is 24.4 Å². The van der Waals surface area contributed by atoms with Crippen molar-refractivity contribution in [2.75, 3.05) is 13.7 Å². The molecule has 0 amide bonds. The van der Waals surface area contributed by atoms with Crippen LogP contribution < -0.4 is 9.47 Å². The van der Waals surface area contributed by atoms with E-state index < -0.39 is 12.0 Å². The molecule has 0 radical (unpaired) electrons. The molecule has 0 unspecified atom stereocenters. The van der Waals surface area contributed by atoms with Gasteiger partial charge in [-0.3, -0.25) is 0 Å². The van der Waals surface area contributed by atoms with Crippen molar-refractivity contribution in [3.8, 4) is 22.9 Å². The predicted octanol–water partition coefficient (Wildman–Crippen LogP) is 3.48. The summed E-state index contributed by atoms with van der Waals surface area (Å²) < 4.78 is 27.7. The summed E-state index contributed by atoms with van der Waals surface area (Å²) in [5, 5.41) is -0.0682. The predicted molar refractivity (Wildman–Crippen MR) is 76.6 cm³/mol. The van der Waals surface area contributed by atoms with Crippen LogP contribution in [0.2, 0.25) is 5.15 Å². The molecule has 0 aliphatic rings. The van der Waals surface area contributed by atoms with Crippen molar-refractivity contribution in [2.45, 2.75) is 6.92 Å². The normalized spacial score (nSPS) is 10.2. The number of hydrogen-bond acceptors (Lipinski definition) is 6. The molecule has 0 bridgehead atoms. The van der Waals surface area contributed by atoms with Crippen LogP contribution >= 0.6 is 11.6 Å². The van der Waals surface area contributed by atoms with Gasteiger partial charge in [0.2, 0.25) is 0 Å². The van der Waals surface area contributed by atoms with E-state index in [0.29, 0.717) is 5.56 Å². The molecule has 0 aliphatic heterocycles. The van der Waals surface area contributed by atoms with E-state index in [-0.39, 0.29) is 29.1 Å². The Morgan fingerprint density at radius 3 is 2.77 bits per heavy atom. The lowest BCUT2D eigenvalue weighted by Gasteiger charge is -2.07. The summed E-state index contributed by atoms with van der Waals surface area (Å²) >= 11 is 5.94. The Morgan fingerprint density at radius 1 is 1.36 bits per heavy atom. The van der Waals surface area contributed by atoms with E-state index in [2.05, 4.69) is 14.7 Å². The van der Waals surface area contributed by atoms with Crippen molar-refractivity contribution in [3.05, 3.63) is 35.4 Å². The minimum Gasteiger partial charge on any atom is -0.494 e. The Morgan fingerprint density at radius 2 is 2.14 bits per heavy atom. The van der Waals surface area contributed by atoms with Crippen LogP contribution in [0.3, 0.4) is 0 Å². The first-order valence-electron chi connectivity index (χ1n) is 6.26. The van der Waals surface area contributed by atoms with Gasteiger partial charge >= 0.3 is 6.16 Å². The number of carbonyl (C=O) groups excluding carboxylic acids is 1. The number of rotatable bonds is 4. The molecule has 0 atom stereocenters. The van der Waals surface area contributed by atoms with Gasteiger partial charge in [-0.05, 0) is 25.1 Å². The summed E-state index contributed by atoms with van der Waals surface area (Å²) in [6, 6.07) is 4.15. The lowest BCUT2D eigenvalue weighted by molar-refractivity contribution is 0.104. The fourth-order valence-electron chi connectivity index (χ4n) is 1.59. The van der Waals surface area contributed by atoms with Crippen molar-refractivity contribution >= 4 is 17.8 Å². The van der Waals surface area contributed by atoms with E-state index in [9.17, 15) is 9.18 Å². The van der Waals surface area contributed by atoms with E-state index >= 15 is 0 Å². The highest BCUT2D eigenvalue weighted by molar-refractivity contribution is 6.31. The Hall–Kier alpha value is -2.41. The zero-order valence-corrected chi connectivity index (χ0v) is 12.6. The first kappa shape index (κ1) is 16.0. The fourth-order valence-corrected chi connectivity index (χ4v) is 1.76. The highest BCUT2D eigenvalue weighted by Crippen LogP contribution is 2.28. The molecule has 0 spiro atoms. The standard InChI is InChI=1S/C14H12ClFN2O4/c1-3-21-14(19)22-11-7-17-13(18-12(11)15)8-4-5-9(16)10(6-8)20-2/h4-7H,3H2,1-2H3. The lowest BCUT2D eigenvalue weighted by Crippen LogP contribution is -2.11.